The van der Waals surface area contributed by atoms with E-state index in [1.54, 1.807) is 19.1 Å². The molecule has 0 aliphatic rings. The van der Waals surface area contributed by atoms with Crippen LogP contribution in [0.4, 0.5) is 5.95 Å². The van der Waals surface area contributed by atoms with Gasteiger partial charge in [-0.2, -0.15) is 9.97 Å². The zero-order valence-electron chi connectivity index (χ0n) is 13.2. The van der Waals surface area contributed by atoms with Gasteiger partial charge in [-0.25, -0.2) is 0 Å². The average molecular weight is 372 g/mol. The number of nitrogens with one attached hydrogen (secondary N) is 1. The molecule has 1 amide bonds. The van der Waals surface area contributed by atoms with Crippen molar-refractivity contribution in [1.29, 1.82) is 0 Å². The summed E-state index contributed by atoms with van der Waals surface area (Å²) in [5.74, 6) is 0.427. The quantitative estimate of drug-likeness (QED) is 0.839. The molecule has 1 heterocycles. The van der Waals surface area contributed by atoms with Gasteiger partial charge in [-0.15, -0.1) is 0 Å². The molecule has 1 aromatic carbocycles. The first-order valence-electron chi connectivity index (χ1n) is 6.82. The van der Waals surface area contributed by atoms with Gasteiger partial charge in [0.2, 0.25) is 17.7 Å². The Labute approximate surface area is 148 Å². The first-order chi connectivity index (χ1) is 11.4. The Hall–Kier alpha value is -2.25. The molecule has 7 nitrogen and oxygen atoms in total. The minimum Gasteiger partial charge on any atom is -0.481 e. The molecule has 0 bridgehead atoms. The molecule has 2 rings (SSSR count). The molecule has 0 spiro atoms. The normalized spacial score (nSPS) is 11.5. The number of hydrogen-bond acceptors (Lipinski definition) is 6. The summed E-state index contributed by atoms with van der Waals surface area (Å²) in [7, 11) is 2.89. The third-order valence-electron chi connectivity index (χ3n) is 2.90. The highest BCUT2D eigenvalue weighted by Gasteiger charge is 2.18. The van der Waals surface area contributed by atoms with Crippen LogP contribution in [0.5, 0.6) is 17.5 Å². The minimum atomic E-state index is -0.843. The van der Waals surface area contributed by atoms with Crippen LogP contribution in [0.25, 0.3) is 0 Å². The van der Waals surface area contributed by atoms with Crippen LogP contribution in [0, 0.1) is 0 Å². The molecule has 0 saturated heterocycles. The maximum Gasteiger partial charge on any atom is 0.267 e. The lowest BCUT2D eigenvalue weighted by molar-refractivity contribution is -0.122. The van der Waals surface area contributed by atoms with Crippen LogP contribution in [-0.4, -0.2) is 36.2 Å². The van der Waals surface area contributed by atoms with Crippen molar-refractivity contribution in [3.8, 4) is 17.5 Å². The second kappa shape index (κ2) is 8.03. The Morgan fingerprint density at radius 1 is 1.12 bits per heavy atom. The summed E-state index contributed by atoms with van der Waals surface area (Å²) in [4.78, 5) is 20.3. The molecule has 1 unspecified atom stereocenters. The van der Waals surface area contributed by atoms with Gasteiger partial charge >= 0.3 is 0 Å². The number of ether oxygens (including phenoxy) is 3. The van der Waals surface area contributed by atoms with Crippen molar-refractivity contribution in [2.24, 2.45) is 0 Å². The molecule has 1 N–H and O–H groups in total. The number of benzene rings is 1. The maximum atomic E-state index is 12.2. The van der Waals surface area contributed by atoms with Crippen molar-refractivity contribution < 1.29 is 19.0 Å². The van der Waals surface area contributed by atoms with E-state index in [1.165, 1.54) is 26.4 Å². The van der Waals surface area contributed by atoms with E-state index in [4.69, 9.17) is 37.4 Å². The van der Waals surface area contributed by atoms with E-state index < -0.39 is 12.0 Å². The highest BCUT2D eigenvalue weighted by molar-refractivity contribution is 6.35. The minimum absolute atomic E-state index is 0.0360. The van der Waals surface area contributed by atoms with Gasteiger partial charge in [-0.05, 0) is 25.1 Å². The van der Waals surface area contributed by atoms with E-state index in [0.29, 0.717) is 15.8 Å². The molecule has 24 heavy (non-hydrogen) atoms. The second-order valence-electron chi connectivity index (χ2n) is 4.60. The van der Waals surface area contributed by atoms with Crippen LogP contribution in [0.2, 0.25) is 10.0 Å². The van der Waals surface area contributed by atoms with Crippen molar-refractivity contribution in [2.75, 3.05) is 19.5 Å². The Bertz CT molecular complexity index is 720. The van der Waals surface area contributed by atoms with E-state index in [9.17, 15) is 4.79 Å². The van der Waals surface area contributed by atoms with E-state index >= 15 is 0 Å². The third-order valence-corrected chi connectivity index (χ3v) is 3.43. The van der Waals surface area contributed by atoms with Gasteiger partial charge in [0.25, 0.3) is 5.91 Å². The largest absolute Gasteiger partial charge is 0.481 e. The molecule has 0 aliphatic heterocycles. The first-order valence-corrected chi connectivity index (χ1v) is 7.58. The van der Waals surface area contributed by atoms with Crippen LogP contribution in [0.1, 0.15) is 6.92 Å². The number of rotatable bonds is 6. The predicted molar refractivity (Wildman–Crippen MR) is 90.3 cm³/mol. The fourth-order valence-corrected chi connectivity index (χ4v) is 2.15. The molecule has 2 aromatic rings. The predicted octanol–water partition coefficient (Wildman–Crippen LogP) is 3.21. The smallest absolute Gasteiger partial charge is 0.267 e. The maximum absolute atomic E-state index is 12.2. The highest BCUT2D eigenvalue weighted by atomic mass is 35.5. The monoisotopic (exact) mass is 371 g/mol. The average Bonchev–Trinajstić information content (AvgIpc) is 2.56. The number of carbonyl (C=O) groups is 1. The zero-order valence-corrected chi connectivity index (χ0v) is 14.7. The SMILES string of the molecule is COc1cc(OC)nc(NC(=O)C(C)Oc2ccc(Cl)cc2Cl)n1. The summed E-state index contributed by atoms with van der Waals surface area (Å²) >= 11 is 11.8. The Morgan fingerprint density at radius 2 is 1.75 bits per heavy atom. The first kappa shape index (κ1) is 18.1. The summed E-state index contributed by atoms with van der Waals surface area (Å²) in [5.41, 5.74) is 0. The molecule has 128 valence electrons. The van der Waals surface area contributed by atoms with Gasteiger partial charge in [-0.3, -0.25) is 10.1 Å². The summed E-state index contributed by atoms with van der Waals surface area (Å²) < 4.78 is 15.6. The number of nitrogens with zero attached hydrogens (tertiary/aromatic N) is 2. The van der Waals surface area contributed by atoms with Gasteiger partial charge < -0.3 is 14.2 Å². The molecule has 0 radical (unpaired) electrons. The lowest BCUT2D eigenvalue weighted by Gasteiger charge is -2.15. The Kier molecular flexibility index (Phi) is 6.05. The lowest BCUT2D eigenvalue weighted by Crippen LogP contribution is -2.31. The van der Waals surface area contributed by atoms with E-state index in [1.807, 2.05) is 0 Å². The standard InChI is InChI=1S/C15H15Cl2N3O4/c1-8(24-11-5-4-9(16)6-10(11)17)14(21)20-15-18-12(22-2)7-13(19-15)23-3/h4-8H,1-3H3,(H,18,19,20,21). The van der Waals surface area contributed by atoms with Crippen molar-refractivity contribution in [3.05, 3.63) is 34.3 Å². The van der Waals surface area contributed by atoms with Crippen molar-refractivity contribution in [2.45, 2.75) is 13.0 Å². The summed E-state index contributed by atoms with van der Waals surface area (Å²) in [6.45, 7) is 1.57. The third kappa shape index (κ3) is 4.62. The summed E-state index contributed by atoms with van der Waals surface area (Å²) in [5, 5.41) is 3.31. The van der Waals surface area contributed by atoms with Gasteiger partial charge in [0.15, 0.2) is 6.10 Å². The number of anilines is 1. The number of hydrogen-bond donors (Lipinski definition) is 1. The number of halogens is 2. The zero-order chi connectivity index (χ0) is 17.7. The second-order valence-corrected chi connectivity index (χ2v) is 5.44. The molecular weight excluding hydrogens is 357 g/mol. The van der Waals surface area contributed by atoms with Crippen LogP contribution in [-0.2, 0) is 4.79 Å². The van der Waals surface area contributed by atoms with Gasteiger partial charge in [0.1, 0.15) is 5.75 Å². The molecule has 1 atom stereocenters. The van der Waals surface area contributed by atoms with Crippen molar-refractivity contribution >= 4 is 35.1 Å². The topological polar surface area (TPSA) is 82.6 Å². The molecule has 0 saturated carbocycles. The fourth-order valence-electron chi connectivity index (χ4n) is 1.70. The fraction of sp³-hybridized carbons (Fsp3) is 0.267. The van der Waals surface area contributed by atoms with Gasteiger partial charge in [0, 0.05) is 5.02 Å². The molecule has 9 heteroatoms. The van der Waals surface area contributed by atoms with Crippen LogP contribution >= 0.6 is 23.2 Å². The highest BCUT2D eigenvalue weighted by Crippen LogP contribution is 2.28. The molecular formula is C15H15Cl2N3O4. The number of methoxy groups -OCH3 is 2. The van der Waals surface area contributed by atoms with Crippen LogP contribution in [0.3, 0.4) is 0 Å². The number of aromatic nitrogens is 2. The Morgan fingerprint density at radius 3 is 2.29 bits per heavy atom. The van der Waals surface area contributed by atoms with Crippen LogP contribution < -0.4 is 19.5 Å². The molecule has 0 aliphatic carbocycles. The van der Waals surface area contributed by atoms with E-state index in [0.717, 1.165) is 0 Å². The molecule has 0 fully saturated rings. The van der Waals surface area contributed by atoms with Gasteiger partial charge in [-0.1, -0.05) is 23.2 Å². The number of carbonyl (C=O) groups excluding carboxylic acids is 1. The molecule has 1 aromatic heterocycles. The summed E-state index contributed by atoms with van der Waals surface area (Å²) in [6, 6.07) is 6.21. The Balaban J connectivity index is 2.08. The van der Waals surface area contributed by atoms with E-state index in [-0.39, 0.29) is 17.7 Å². The van der Waals surface area contributed by atoms with Crippen molar-refractivity contribution in [3.63, 3.8) is 0 Å². The van der Waals surface area contributed by atoms with Crippen LogP contribution in [0.15, 0.2) is 24.3 Å². The lowest BCUT2D eigenvalue weighted by atomic mass is 10.3. The summed E-state index contributed by atoms with van der Waals surface area (Å²) in [6.07, 6.45) is -0.843. The number of amides is 1. The van der Waals surface area contributed by atoms with Gasteiger partial charge in [0.05, 0.1) is 25.3 Å². The van der Waals surface area contributed by atoms with E-state index in [2.05, 4.69) is 15.3 Å². The van der Waals surface area contributed by atoms with Crippen molar-refractivity contribution in [1.82, 2.24) is 9.97 Å².